The normalized spacial score (nSPS) is 10.3. The van der Waals surface area contributed by atoms with Crippen LogP contribution in [0.1, 0.15) is 19.2 Å². The minimum atomic E-state index is -0.520. The van der Waals surface area contributed by atoms with Crippen LogP contribution in [0.15, 0.2) is 24.4 Å². The maximum Gasteiger partial charge on any atom is 0.407 e. The van der Waals surface area contributed by atoms with E-state index in [2.05, 4.69) is 25.6 Å². The van der Waals surface area contributed by atoms with E-state index in [9.17, 15) is 9.59 Å². The largest absolute Gasteiger partial charge is 0.450 e. The van der Waals surface area contributed by atoms with Crippen molar-refractivity contribution in [1.29, 1.82) is 0 Å². The zero-order chi connectivity index (χ0) is 15.1. The quantitative estimate of drug-likeness (QED) is 0.807. The number of nitrogens with one attached hydrogen (secondary N) is 2. The smallest absolute Gasteiger partial charge is 0.407 e. The zero-order valence-electron chi connectivity index (χ0n) is 11.7. The van der Waals surface area contributed by atoms with E-state index in [0.717, 1.165) is 5.65 Å². The van der Waals surface area contributed by atoms with Gasteiger partial charge in [-0.15, -0.1) is 10.2 Å². The van der Waals surface area contributed by atoms with E-state index >= 15 is 0 Å². The second kappa shape index (κ2) is 7.22. The number of hydrogen-bond acceptors (Lipinski definition) is 5. The van der Waals surface area contributed by atoms with Crippen LogP contribution in [0.2, 0.25) is 0 Å². The van der Waals surface area contributed by atoms with E-state index in [4.69, 9.17) is 0 Å². The molecule has 0 saturated heterocycles. The third-order valence-electron chi connectivity index (χ3n) is 2.72. The van der Waals surface area contributed by atoms with Crippen molar-refractivity contribution in [2.45, 2.75) is 19.9 Å². The minimum absolute atomic E-state index is 0.176. The van der Waals surface area contributed by atoms with Crippen LogP contribution in [0.3, 0.4) is 0 Å². The Morgan fingerprint density at radius 3 is 2.95 bits per heavy atom. The Hall–Kier alpha value is -2.64. The third-order valence-corrected chi connectivity index (χ3v) is 2.72. The number of alkyl carbamates (subject to hydrolysis) is 1. The SMILES string of the molecule is CCOC(=O)NCCC(=O)NCc1nnc2ccccn12. The molecule has 0 atom stereocenters. The highest BCUT2D eigenvalue weighted by atomic mass is 16.5. The average Bonchev–Trinajstić information content (AvgIpc) is 2.89. The third kappa shape index (κ3) is 4.16. The predicted molar refractivity (Wildman–Crippen MR) is 74.5 cm³/mol. The summed E-state index contributed by atoms with van der Waals surface area (Å²) < 4.78 is 6.49. The Labute approximate surface area is 121 Å². The highest BCUT2D eigenvalue weighted by Gasteiger charge is 2.07. The summed E-state index contributed by atoms with van der Waals surface area (Å²) in [6, 6.07) is 5.57. The number of nitrogens with zero attached hydrogens (tertiary/aromatic N) is 3. The maximum absolute atomic E-state index is 11.7. The second-order valence-electron chi connectivity index (χ2n) is 4.22. The molecule has 2 aromatic rings. The summed E-state index contributed by atoms with van der Waals surface area (Å²) in [7, 11) is 0. The molecular formula is C13H17N5O3. The number of pyridine rings is 1. The van der Waals surface area contributed by atoms with Crippen LogP contribution >= 0.6 is 0 Å². The molecule has 112 valence electrons. The fourth-order valence-corrected chi connectivity index (χ4v) is 1.74. The summed E-state index contributed by atoms with van der Waals surface area (Å²) in [5, 5.41) is 13.2. The number of fused-ring (bicyclic) bond motifs is 1. The fourth-order valence-electron chi connectivity index (χ4n) is 1.74. The van der Waals surface area contributed by atoms with Crippen molar-refractivity contribution in [3.05, 3.63) is 30.2 Å². The highest BCUT2D eigenvalue weighted by Crippen LogP contribution is 2.02. The number of ether oxygens (including phenoxy) is 1. The van der Waals surface area contributed by atoms with Crippen molar-refractivity contribution < 1.29 is 14.3 Å². The molecule has 0 unspecified atom stereocenters. The molecule has 2 rings (SSSR count). The van der Waals surface area contributed by atoms with E-state index in [0.29, 0.717) is 12.4 Å². The van der Waals surface area contributed by atoms with E-state index in [1.54, 1.807) is 11.3 Å². The molecule has 2 aromatic heterocycles. The van der Waals surface area contributed by atoms with Gasteiger partial charge in [0.1, 0.15) is 0 Å². The molecule has 0 saturated carbocycles. The van der Waals surface area contributed by atoms with Crippen LogP contribution in [-0.2, 0) is 16.1 Å². The lowest BCUT2D eigenvalue weighted by atomic mass is 10.4. The number of rotatable bonds is 6. The molecular weight excluding hydrogens is 274 g/mol. The molecule has 0 spiro atoms. The number of carbonyl (C=O) groups excluding carboxylic acids is 2. The Morgan fingerprint density at radius 2 is 2.14 bits per heavy atom. The number of aromatic nitrogens is 3. The van der Waals surface area contributed by atoms with Gasteiger partial charge in [0.2, 0.25) is 5.91 Å². The van der Waals surface area contributed by atoms with Crippen molar-refractivity contribution in [3.8, 4) is 0 Å². The highest BCUT2D eigenvalue weighted by molar-refractivity contribution is 5.76. The van der Waals surface area contributed by atoms with E-state index in [-0.39, 0.29) is 25.4 Å². The molecule has 2 amide bonds. The summed E-state index contributed by atoms with van der Waals surface area (Å²) >= 11 is 0. The van der Waals surface area contributed by atoms with E-state index < -0.39 is 6.09 Å². The molecule has 21 heavy (non-hydrogen) atoms. The fraction of sp³-hybridized carbons (Fsp3) is 0.385. The van der Waals surface area contributed by atoms with Crippen LogP contribution in [0.5, 0.6) is 0 Å². The number of carbonyl (C=O) groups is 2. The van der Waals surface area contributed by atoms with Crippen LogP contribution in [0.25, 0.3) is 5.65 Å². The Balaban J connectivity index is 1.75. The number of amides is 2. The van der Waals surface area contributed by atoms with Crippen LogP contribution < -0.4 is 10.6 Å². The molecule has 2 heterocycles. The Kier molecular flexibility index (Phi) is 5.08. The van der Waals surface area contributed by atoms with Gasteiger partial charge in [0.05, 0.1) is 13.2 Å². The first-order chi connectivity index (χ1) is 10.2. The summed E-state index contributed by atoms with van der Waals surface area (Å²) in [6.07, 6.45) is 1.49. The van der Waals surface area contributed by atoms with E-state index in [1.807, 2.05) is 24.4 Å². The lowest BCUT2D eigenvalue weighted by molar-refractivity contribution is -0.121. The minimum Gasteiger partial charge on any atom is -0.450 e. The first-order valence-electron chi connectivity index (χ1n) is 6.66. The Morgan fingerprint density at radius 1 is 1.29 bits per heavy atom. The van der Waals surface area contributed by atoms with Gasteiger partial charge in [0.15, 0.2) is 11.5 Å². The molecule has 0 fully saturated rings. The van der Waals surface area contributed by atoms with Crippen molar-refractivity contribution in [2.75, 3.05) is 13.2 Å². The molecule has 0 aromatic carbocycles. The topological polar surface area (TPSA) is 97.6 Å². The Bertz CT molecular complexity index is 625. The molecule has 0 radical (unpaired) electrons. The second-order valence-corrected chi connectivity index (χ2v) is 4.22. The van der Waals surface area contributed by atoms with Gasteiger partial charge >= 0.3 is 6.09 Å². The lowest BCUT2D eigenvalue weighted by Gasteiger charge is -2.06. The van der Waals surface area contributed by atoms with Crippen LogP contribution in [0.4, 0.5) is 4.79 Å². The lowest BCUT2D eigenvalue weighted by Crippen LogP contribution is -2.31. The molecule has 0 bridgehead atoms. The molecule has 0 aliphatic carbocycles. The van der Waals surface area contributed by atoms with Gasteiger partial charge < -0.3 is 15.4 Å². The van der Waals surface area contributed by atoms with Crippen molar-refractivity contribution in [3.63, 3.8) is 0 Å². The van der Waals surface area contributed by atoms with Gasteiger partial charge in [-0.3, -0.25) is 9.20 Å². The maximum atomic E-state index is 11.7. The summed E-state index contributed by atoms with van der Waals surface area (Å²) in [5.74, 6) is 0.469. The molecule has 0 aliphatic rings. The van der Waals surface area contributed by atoms with Crippen molar-refractivity contribution in [2.24, 2.45) is 0 Å². The zero-order valence-corrected chi connectivity index (χ0v) is 11.7. The summed E-state index contributed by atoms with van der Waals surface area (Å²) in [4.78, 5) is 22.7. The van der Waals surface area contributed by atoms with Gasteiger partial charge in [-0.2, -0.15) is 0 Å². The summed E-state index contributed by atoms with van der Waals surface area (Å²) in [5.41, 5.74) is 0.728. The van der Waals surface area contributed by atoms with E-state index in [1.165, 1.54) is 0 Å². The first kappa shape index (κ1) is 14.8. The monoisotopic (exact) mass is 291 g/mol. The molecule has 0 aliphatic heterocycles. The van der Waals surface area contributed by atoms with Crippen molar-refractivity contribution >= 4 is 17.6 Å². The standard InChI is InChI=1S/C13H17N5O3/c1-2-21-13(20)14-7-6-12(19)15-9-11-17-16-10-5-3-4-8-18(10)11/h3-5,8H,2,6-7,9H2,1H3,(H,14,20)(H,15,19). The van der Waals surface area contributed by atoms with Gasteiger partial charge in [-0.05, 0) is 19.1 Å². The van der Waals surface area contributed by atoms with Gasteiger partial charge in [0, 0.05) is 19.2 Å². The molecule has 8 heteroatoms. The van der Waals surface area contributed by atoms with Crippen molar-refractivity contribution in [1.82, 2.24) is 25.2 Å². The number of hydrogen-bond donors (Lipinski definition) is 2. The predicted octanol–water partition coefficient (Wildman–Crippen LogP) is 0.482. The molecule has 2 N–H and O–H groups in total. The molecule has 8 nitrogen and oxygen atoms in total. The average molecular weight is 291 g/mol. The summed E-state index contributed by atoms with van der Waals surface area (Å²) in [6.45, 7) is 2.53. The first-order valence-corrected chi connectivity index (χ1v) is 6.66. The van der Waals surface area contributed by atoms with Gasteiger partial charge in [0.25, 0.3) is 0 Å². The van der Waals surface area contributed by atoms with Gasteiger partial charge in [-0.1, -0.05) is 6.07 Å². The van der Waals surface area contributed by atoms with Gasteiger partial charge in [-0.25, -0.2) is 4.79 Å². The van der Waals surface area contributed by atoms with Crippen LogP contribution in [0, 0.1) is 0 Å². The van der Waals surface area contributed by atoms with Crippen LogP contribution in [-0.4, -0.2) is 39.8 Å².